The molecule has 0 fully saturated rings. The van der Waals surface area contributed by atoms with Gasteiger partial charge in [-0.2, -0.15) is 5.10 Å². The van der Waals surface area contributed by atoms with Crippen molar-refractivity contribution in [3.05, 3.63) is 87.2 Å². The lowest BCUT2D eigenvalue weighted by atomic mass is 10.1. The quantitative estimate of drug-likeness (QED) is 0.666. The second-order valence-corrected chi connectivity index (χ2v) is 6.88. The minimum absolute atomic E-state index is 0.246. The van der Waals surface area contributed by atoms with Gasteiger partial charge >= 0.3 is 0 Å². The first-order valence-corrected chi connectivity index (χ1v) is 9.05. The number of carbonyl (C=O) groups is 1. The topological polar surface area (TPSA) is 46.9 Å². The molecule has 0 aliphatic heterocycles. The van der Waals surface area contributed by atoms with Gasteiger partial charge in [-0.15, -0.1) is 0 Å². The average Bonchev–Trinajstić information content (AvgIpc) is 2.89. The molecule has 26 heavy (non-hydrogen) atoms. The van der Waals surface area contributed by atoms with Gasteiger partial charge < -0.3 is 5.32 Å². The summed E-state index contributed by atoms with van der Waals surface area (Å²) in [6.07, 6.45) is 0. The standard InChI is InChI=1S/C20H19Cl2N3O/c1-13(16-10-6-7-11-17(16)21)23-20(26)18-14(2)24-25(19(18)22)12-15-8-4-3-5-9-15/h3-11,13H,12H2,1-2H3,(H,23,26). The molecule has 134 valence electrons. The highest BCUT2D eigenvalue weighted by molar-refractivity contribution is 6.33. The number of halogens is 2. The van der Waals surface area contributed by atoms with E-state index in [4.69, 9.17) is 23.2 Å². The summed E-state index contributed by atoms with van der Waals surface area (Å²) in [5, 5.41) is 8.32. The molecule has 0 radical (unpaired) electrons. The normalized spacial score (nSPS) is 12.0. The number of aromatic nitrogens is 2. The van der Waals surface area contributed by atoms with Crippen molar-refractivity contribution < 1.29 is 4.79 Å². The predicted molar refractivity (Wildman–Crippen MR) is 105 cm³/mol. The first-order valence-electron chi connectivity index (χ1n) is 8.29. The van der Waals surface area contributed by atoms with Crippen LogP contribution in [0.25, 0.3) is 0 Å². The van der Waals surface area contributed by atoms with Crippen molar-refractivity contribution in [2.45, 2.75) is 26.4 Å². The van der Waals surface area contributed by atoms with E-state index in [-0.39, 0.29) is 11.9 Å². The fourth-order valence-electron chi connectivity index (χ4n) is 2.85. The van der Waals surface area contributed by atoms with E-state index < -0.39 is 0 Å². The fraction of sp³-hybridized carbons (Fsp3) is 0.200. The van der Waals surface area contributed by atoms with Crippen LogP contribution >= 0.6 is 23.2 Å². The van der Waals surface area contributed by atoms with Crippen LogP contribution in [-0.4, -0.2) is 15.7 Å². The van der Waals surface area contributed by atoms with Crippen LogP contribution in [0.4, 0.5) is 0 Å². The van der Waals surface area contributed by atoms with E-state index in [2.05, 4.69) is 10.4 Å². The number of aryl methyl sites for hydroxylation is 1. The largest absolute Gasteiger partial charge is 0.345 e. The number of hydrogen-bond acceptors (Lipinski definition) is 2. The van der Waals surface area contributed by atoms with Crippen molar-refractivity contribution in [1.29, 1.82) is 0 Å². The first-order chi connectivity index (χ1) is 12.5. The summed E-state index contributed by atoms with van der Waals surface area (Å²) in [7, 11) is 0. The van der Waals surface area contributed by atoms with E-state index in [1.807, 2.05) is 55.5 Å². The Balaban J connectivity index is 1.80. The third kappa shape index (κ3) is 3.92. The lowest BCUT2D eigenvalue weighted by Gasteiger charge is -2.15. The molecule has 3 aromatic rings. The second kappa shape index (κ2) is 7.94. The zero-order valence-electron chi connectivity index (χ0n) is 14.5. The van der Waals surface area contributed by atoms with Gasteiger partial charge in [0.2, 0.25) is 0 Å². The molecule has 6 heteroatoms. The summed E-state index contributed by atoms with van der Waals surface area (Å²) in [6.45, 7) is 4.17. The summed E-state index contributed by atoms with van der Waals surface area (Å²) in [5.74, 6) is -0.265. The number of nitrogens with one attached hydrogen (secondary N) is 1. The molecule has 0 spiro atoms. The monoisotopic (exact) mass is 387 g/mol. The number of rotatable bonds is 5. The van der Waals surface area contributed by atoms with E-state index in [0.29, 0.717) is 28.0 Å². The van der Waals surface area contributed by atoms with Crippen LogP contribution < -0.4 is 5.32 Å². The van der Waals surface area contributed by atoms with Crippen molar-refractivity contribution in [3.63, 3.8) is 0 Å². The Morgan fingerprint density at radius 2 is 1.77 bits per heavy atom. The molecule has 0 bridgehead atoms. The van der Waals surface area contributed by atoms with Crippen LogP contribution in [0.5, 0.6) is 0 Å². The molecule has 3 rings (SSSR count). The van der Waals surface area contributed by atoms with Crippen molar-refractivity contribution in [2.24, 2.45) is 0 Å². The Bertz CT molecular complexity index is 922. The Labute approximate surface area is 162 Å². The minimum atomic E-state index is -0.265. The van der Waals surface area contributed by atoms with Crippen LogP contribution in [0.15, 0.2) is 54.6 Å². The SMILES string of the molecule is Cc1nn(Cc2ccccc2)c(Cl)c1C(=O)NC(C)c1ccccc1Cl. The first kappa shape index (κ1) is 18.5. The van der Waals surface area contributed by atoms with Crippen LogP contribution in [0.1, 0.15) is 40.1 Å². The van der Waals surface area contributed by atoms with Crippen molar-refractivity contribution in [2.75, 3.05) is 0 Å². The highest BCUT2D eigenvalue weighted by Gasteiger charge is 2.22. The Morgan fingerprint density at radius 1 is 1.12 bits per heavy atom. The van der Waals surface area contributed by atoms with Crippen LogP contribution in [0.2, 0.25) is 10.2 Å². The van der Waals surface area contributed by atoms with Crippen molar-refractivity contribution >= 4 is 29.1 Å². The maximum absolute atomic E-state index is 12.8. The molecule has 1 atom stereocenters. The molecule has 0 saturated carbocycles. The summed E-state index contributed by atoms with van der Waals surface area (Å²) in [4.78, 5) is 12.8. The van der Waals surface area contributed by atoms with Crippen LogP contribution in [-0.2, 0) is 6.54 Å². The van der Waals surface area contributed by atoms with Gasteiger partial charge in [-0.1, -0.05) is 71.7 Å². The summed E-state index contributed by atoms with van der Waals surface area (Å²) in [5.41, 5.74) is 2.90. The molecule has 1 aromatic heterocycles. The number of hydrogen-bond donors (Lipinski definition) is 1. The van der Waals surface area contributed by atoms with Gasteiger partial charge in [-0.25, -0.2) is 4.68 Å². The highest BCUT2D eigenvalue weighted by atomic mass is 35.5. The van der Waals surface area contributed by atoms with Gasteiger partial charge in [-0.05, 0) is 31.0 Å². The molecular formula is C20H19Cl2N3O. The maximum atomic E-state index is 12.8. The molecule has 0 aliphatic rings. The van der Waals surface area contributed by atoms with Gasteiger partial charge in [0.05, 0.1) is 23.8 Å². The number of nitrogens with zero attached hydrogens (tertiary/aromatic N) is 2. The third-order valence-electron chi connectivity index (χ3n) is 4.19. The fourth-order valence-corrected chi connectivity index (χ4v) is 3.46. The van der Waals surface area contributed by atoms with Gasteiger partial charge in [0.1, 0.15) is 5.15 Å². The number of benzene rings is 2. The predicted octanol–water partition coefficient (Wildman–Crippen LogP) is 5.04. The van der Waals surface area contributed by atoms with Gasteiger partial charge in [-0.3, -0.25) is 4.79 Å². The van der Waals surface area contributed by atoms with Gasteiger partial charge in [0.15, 0.2) is 0 Å². The molecule has 1 unspecified atom stereocenters. The molecule has 1 amide bonds. The van der Waals surface area contributed by atoms with Gasteiger partial charge in [0, 0.05) is 5.02 Å². The minimum Gasteiger partial charge on any atom is -0.345 e. The number of amides is 1. The maximum Gasteiger partial charge on any atom is 0.256 e. The molecular weight excluding hydrogens is 369 g/mol. The average molecular weight is 388 g/mol. The summed E-state index contributed by atoms with van der Waals surface area (Å²) >= 11 is 12.7. The summed E-state index contributed by atoms with van der Waals surface area (Å²) in [6, 6.07) is 17.0. The molecule has 2 aromatic carbocycles. The van der Waals surface area contributed by atoms with E-state index >= 15 is 0 Å². The van der Waals surface area contributed by atoms with Crippen molar-refractivity contribution in [1.82, 2.24) is 15.1 Å². The van der Waals surface area contributed by atoms with Gasteiger partial charge in [0.25, 0.3) is 5.91 Å². The zero-order chi connectivity index (χ0) is 18.7. The molecule has 1 N–H and O–H groups in total. The molecule has 1 heterocycles. The molecule has 0 aliphatic carbocycles. The number of carbonyl (C=O) groups excluding carboxylic acids is 1. The van der Waals surface area contributed by atoms with Crippen molar-refractivity contribution in [3.8, 4) is 0 Å². The second-order valence-electron chi connectivity index (χ2n) is 6.11. The third-order valence-corrected chi connectivity index (χ3v) is 4.92. The van der Waals surface area contributed by atoms with E-state index in [1.54, 1.807) is 17.7 Å². The zero-order valence-corrected chi connectivity index (χ0v) is 16.1. The highest BCUT2D eigenvalue weighted by Crippen LogP contribution is 2.25. The van der Waals surface area contributed by atoms with Crippen LogP contribution in [0.3, 0.4) is 0 Å². The van der Waals surface area contributed by atoms with Crippen LogP contribution in [0, 0.1) is 6.92 Å². The lowest BCUT2D eigenvalue weighted by molar-refractivity contribution is 0.0939. The van der Waals surface area contributed by atoms with E-state index in [1.165, 1.54) is 0 Å². The molecule has 4 nitrogen and oxygen atoms in total. The molecule has 0 saturated heterocycles. The smallest absolute Gasteiger partial charge is 0.256 e. The lowest BCUT2D eigenvalue weighted by Crippen LogP contribution is -2.27. The van der Waals surface area contributed by atoms with E-state index in [9.17, 15) is 4.79 Å². The Morgan fingerprint density at radius 3 is 2.46 bits per heavy atom. The van der Waals surface area contributed by atoms with E-state index in [0.717, 1.165) is 11.1 Å². The Kier molecular flexibility index (Phi) is 5.64. The Hall–Kier alpha value is -2.30. The summed E-state index contributed by atoms with van der Waals surface area (Å²) < 4.78 is 1.64.